The van der Waals surface area contributed by atoms with Crippen LogP contribution < -0.4 is 14.8 Å². The van der Waals surface area contributed by atoms with Crippen LogP contribution in [0.5, 0.6) is 11.5 Å². The summed E-state index contributed by atoms with van der Waals surface area (Å²) in [5.74, 6) is 1.40. The molecular formula is C23H29NO4. The van der Waals surface area contributed by atoms with Crippen molar-refractivity contribution in [2.24, 2.45) is 0 Å². The molecule has 1 unspecified atom stereocenters. The van der Waals surface area contributed by atoms with Crippen molar-refractivity contribution in [1.29, 1.82) is 0 Å². The summed E-state index contributed by atoms with van der Waals surface area (Å²) in [5.41, 5.74) is 3.37. The third kappa shape index (κ3) is 5.26. The molecule has 0 aliphatic carbocycles. The lowest BCUT2D eigenvalue weighted by molar-refractivity contribution is -0.124. The van der Waals surface area contributed by atoms with Crippen molar-refractivity contribution in [2.75, 3.05) is 20.3 Å². The van der Waals surface area contributed by atoms with Crippen LogP contribution in [0.4, 0.5) is 0 Å². The fourth-order valence-electron chi connectivity index (χ4n) is 3.35. The first kappa shape index (κ1) is 20.2. The Morgan fingerprint density at radius 1 is 1.21 bits per heavy atom. The number of fused-ring (bicyclic) bond motifs is 1. The smallest absolute Gasteiger partial charge is 0.223 e. The van der Waals surface area contributed by atoms with Gasteiger partial charge < -0.3 is 19.5 Å². The van der Waals surface area contributed by atoms with E-state index in [1.165, 1.54) is 5.56 Å². The highest BCUT2D eigenvalue weighted by atomic mass is 16.5. The number of rotatable bonds is 9. The van der Waals surface area contributed by atoms with Gasteiger partial charge in [0.15, 0.2) is 11.5 Å². The second-order valence-electron chi connectivity index (χ2n) is 6.98. The standard InChI is InChI=1S/C23H29NO4/c1-3-4-12-27-20-10-9-17(14-22(20)26-2)16-24-23(25)15-21-19-8-6-5-7-18(19)11-13-28-21/h5-10,14,21H,3-4,11-13,15-16H2,1-2H3,(H,24,25). The molecule has 5 heteroatoms. The molecule has 0 saturated carbocycles. The number of hydrogen-bond donors (Lipinski definition) is 1. The molecule has 0 spiro atoms. The summed E-state index contributed by atoms with van der Waals surface area (Å²) in [6.45, 7) is 3.90. The van der Waals surface area contributed by atoms with Crippen molar-refractivity contribution >= 4 is 5.91 Å². The molecule has 0 aromatic heterocycles. The Bertz CT molecular complexity index is 790. The number of ether oxygens (including phenoxy) is 3. The van der Waals surface area contributed by atoms with Crippen molar-refractivity contribution in [2.45, 2.75) is 45.3 Å². The van der Waals surface area contributed by atoms with E-state index in [0.29, 0.717) is 31.9 Å². The Balaban J connectivity index is 1.55. The number of amides is 1. The van der Waals surface area contributed by atoms with Crippen LogP contribution in [0, 0.1) is 0 Å². The summed E-state index contributed by atoms with van der Waals surface area (Å²) >= 11 is 0. The Morgan fingerprint density at radius 3 is 2.89 bits per heavy atom. The summed E-state index contributed by atoms with van der Waals surface area (Å²) in [7, 11) is 1.63. The van der Waals surface area contributed by atoms with Gasteiger partial charge in [-0.25, -0.2) is 0 Å². The minimum absolute atomic E-state index is 0.0241. The zero-order chi connectivity index (χ0) is 19.8. The van der Waals surface area contributed by atoms with Crippen molar-refractivity contribution in [1.82, 2.24) is 5.32 Å². The molecule has 1 N–H and O–H groups in total. The van der Waals surface area contributed by atoms with Gasteiger partial charge in [0.05, 0.1) is 32.8 Å². The lowest BCUT2D eigenvalue weighted by atomic mass is 9.95. The molecule has 2 aromatic rings. The number of benzene rings is 2. The predicted octanol–water partition coefficient (Wildman–Crippen LogP) is 4.19. The normalized spacial score (nSPS) is 15.6. The minimum Gasteiger partial charge on any atom is -0.493 e. The van der Waals surface area contributed by atoms with Gasteiger partial charge in [0.2, 0.25) is 5.91 Å². The molecule has 0 saturated heterocycles. The Morgan fingerprint density at radius 2 is 2.07 bits per heavy atom. The minimum atomic E-state index is -0.172. The second-order valence-corrected chi connectivity index (χ2v) is 6.98. The van der Waals surface area contributed by atoms with Crippen molar-refractivity contribution in [3.63, 3.8) is 0 Å². The Kier molecular flexibility index (Phi) is 7.31. The number of carbonyl (C=O) groups excluding carboxylic acids is 1. The molecule has 1 heterocycles. The zero-order valence-corrected chi connectivity index (χ0v) is 16.7. The molecule has 0 fully saturated rings. The maximum absolute atomic E-state index is 12.4. The van der Waals surface area contributed by atoms with Crippen molar-refractivity contribution in [3.8, 4) is 11.5 Å². The maximum atomic E-state index is 12.4. The highest BCUT2D eigenvalue weighted by Gasteiger charge is 2.22. The molecule has 0 bridgehead atoms. The first-order chi connectivity index (χ1) is 13.7. The summed E-state index contributed by atoms with van der Waals surface area (Å²) in [6, 6.07) is 14.0. The number of methoxy groups -OCH3 is 1. The van der Waals surface area contributed by atoms with Gasteiger partial charge in [-0.2, -0.15) is 0 Å². The van der Waals surface area contributed by atoms with Crippen LogP contribution in [0.2, 0.25) is 0 Å². The molecule has 0 radical (unpaired) electrons. The topological polar surface area (TPSA) is 56.8 Å². The Labute approximate surface area is 167 Å². The van der Waals surface area contributed by atoms with Crippen LogP contribution in [-0.2, 0) is 22.5 Å². The highest BCUT2D eigenvalue weighted by Crippen LogP contribution is 2.30. The average molecular weight is 383 g/mol. The SMILES string of the molecule is CCCCOc1ccc(CNC(=O)CC2OCCc3ccccc32)cc1OC. The lowest BCUT2D eigenvalue weighted by Gasteiger charge is -2.25. The quantitative estimate of drug-likeness (QED) is 0.660. The summed E-state index contributed by atoms with van der Waals surface area (Å²) in [6.07, 6.45) is 3.15. The van der Waals surface area contributed by atoms with Gasteiger partial charge in [0.1, 0.15) is 0 Å². The highest BCUT2D eigenvalue weighted by molar-refractivity contribution is 5.76. The molecule has 1 amide bonds. The Hall–Kier alpha value is -2.53. The van der Waals surface area contributed by atoms with Gasteiger partial charge in [0.25, 0.3) is 0 Å². The molecule has 5 nitrogen and oxygen atoms in total. The fourth-order valence-corrected chi connectivity index (χ4v) is 3.35. The largest absolute Gasteiger partial charge is 0.493 e. The van der Waals surface area contributed by atoms with Crippen LogP contribution in [0.3, 0.4) is 0 Å². The van der Waals surface area contributed by atoms with E-state index < -0.39 is 0 Å². The molecule has 1 atom stereocenters. The molecule has 28 heavy (non-hydrogen) atoms. The monoisotopic (exact) mass is 383 g/mol. The van der Waals surface area contributed by atoms with E-state index in [2.05, 4.69) is 24.4 Å². The van der Waals surface area contributed by atoms with E-state index in [0.717, 1.165) is 36.1 Å². The average Bonchev–Trinajstić information content (AvgIpc) is 2.73. The summed E-state index contributed by atoms with van der Waals surface area (Å²) in [5, 5.41) is 2.98. The van der Waals surface area contributed by atoms with Crippen LogP contribution in [0.15, 0.2) is 42.5 Å². The predicted molar refractivity (Wildman–Crippen MR) is 109 cm³/mol. The van der Waals surface area contributed by atoms with E-state index in [1.54, 1.807) is 7.11 Å². The van der Waals surface area contributed by atoms with E-state index in [9.17, 15) is 4.79 Å². The van der Waals surface area contributed by atoms with Crippen molar-refractivity contribution in [3.05, 3.63) is 59.2 Å². The van der Waals surface area contributed by atoms with E-state index in [-0.39, 0.29) is 12.0 Å². The number of unbranched alkanes of at least 4 members (excludes halogenated alkanes) is 1. The molecule has 150 valence electrons. The third-order valence-electron chi connectivity index (χ3n) is 4.94. The van der Waals surface area contributed by atoms with Crippen LogP contribution in [0.25, 0.3) is 0 Å². The first-order valence-corrected chi connectivity index (χ1v) is 9.97. The van der Waals surface area contributed by atoms with Crippen molar-refractivity contribution < 1.29 is 19.0 Å². The maximum Gasteiger partial charge on any atom is 0.223 e. The summed E-state index contributed by atoms with van der Waals surface area (Å²) < 4.78 is 17.0. The fraction of sp³-hybridized carbons (Fsp3) is 0.435. The van der Waals surface area contributed by atoms with Gasteiger partial charge in [0, 0.05) is 6.54 Å². The molecule has 3 rings (SSSR count). The second kappa shape index (κ2) is 10.1. The third-order valence-corrected chi connectivity index (χ3v) is 4.94. The number of hydrogen-bond acceptors (Lipinski definition) is 4. The van der Waals surface area contributed by atoms with E-state index in [4.69, 9.17) is 14.2 Å². The summed E-state index contributed by atoms with van der Waals surface area (Å²) in [4.78, 5) is 12.4. The lowest BCUT2D eigenvalue weighted by Crippen LogP contribution is -2.27. The number of carbonyl (C=O) groups is 1. The van der Waals surface area contributed by atoms with Crippen LogP contribution in [-0.4, -0.2) is 26.2 Å². The van der Waals surface area contributed by atoms with Gasteiger partial charge in [-0.3, -0.25) is 4.79 Å². The van der Waals surface area contributed by atoms with E-state index in [1.807, 2.05) is 30.3 Å². The van der Waals surface area contributed by atoms with Crippen LogP contribution >= 0.6 is 0 Å². The molecular weight excluding hydrogens is 354 g/mol. The molecule has 2 aromatic carbocycles. The molecule has 1 aliphatic heterocycles. The van der Waals surface area contributed by atoms with Gasteiger partial charge in [-0.15, -0.1) is 0 Å². The van der Waals surface area contributed by atoms with Gasteiger partial charge in [-0.1, -0.05) is 43.7 Å². The van der Waals surface area contributed by atoms with Gasteiger partial charge in [-0.05, 0) is 41.7 Å². The molecule has 1 aliphatic rings. The van der Waals surface area contributed by atoms with Gasteiger partial charge >= 0.3 is 0 Å². The number of nitrogens with one attached hydrogen (secondary N) is 1. The zero-order valence-electron chi connectivity index (χ0n) is 16.7. The first-order valence-electron chi connectivity index (χ1n) is 9.97. The van der Waals surface area contributed by atoms with E-state index >= 15 is 0 Å². The van der Waals surface area contributed by atoms with Crippen LogP contribution in [0.1, 0.15) is 49.0 Å².